The number of morpholine rings is 1. The number of aromatic nitrogens is 2. The highest BCUT2D eigenvalue weighted by Gasteiger charge is 2.31. The zero-order chi connectivity index (χ0) is 12.3. The van der Waals surface area contributed by atoms with E-state index in [2.05, 4.69) is 15.5 Å². The first-order valence-corrected chi connectivity index (χ1v) is 5.33. The molecule has 0 bridgehead atoms. The zero-order valence-electron chi connectivity index (χ0n) is 9.55. The fourth-order valence-corrected chi connectivity index (χ4v) is 1.65. The molecule has 3 N–H and O–H groups in total. The smallest absolute Gasteiger partial charge is 0.319 e. The normalized spacial score (nSPS) is 20.5. The van der Waals surface area contributed by atoms with E-state index in [9.17, 15) is 4.79 Å². The van der Waals surface area contributed by atoms with E-state index in [0.29, 0.717) is 31.6 Å². The lowest BCUT2D eigenvalue weighted by molar-refractivity contribution is -0.121. The average Bonchev–Trinajstić information content (AvgIpc) is 2.78. The van der Waals surface area contributed by atoms with Crippen LogP contribution in [0.5, 0.6) is 0 Å². The number of nitrogens with zero attached hydrogens (tertiary/aromatic N) is 3. The molecule has 1 unspecified atom stereocenters. The highest BCUT2D eigenvalue weighted by molar-refractivity contribution is 5.83. The summed E-state index contributed by atoms with van der Waals surface area (Å²) in [6.45, 7) is 1.75. The largest absolute Gasteiger partial charge is 0.407 e. The van der Waals surface area contributed by atoms with Gasteiger partial charge in [-0.15, -0.1) is 5.10 Å². The van der Waals surface area contributed by atoms with Gasteiger partial charge in [0.15, 0.2) is 0 Å². The molecule has 1 aliphatic rings. The first kappa shape index (κ1) is 11.8. The monoisotopic (exact) mass is 241 g/mol. The van der Waals surface area contributed by atoms with Gasteiger partial charge in [0, 0.05) is 6.54 Å². The van der Waals surface area contributed by atoms with Gasteiger partial charge >= 0.3 is 6.01 Å². The van der Waals surface area contributed by atoms with Crippen molar-refractivity contribution in [2.75, 3.05) is 31.7 Å². The van der Waals surface area contributed by atoms with Crippen LogP contribution in [0.25, 0.3) is 0 Å². The van der Waals surface area contributed by atoms with Crippen molar-refractivity contribution in [3.05, 3.63) is 5.89 Å². The van der Waals surface area contributed by atoms with Crippen LogP contribution in [-0.4, -0.2) is 49.0 Å². The Bertz CT molecular complexity index is 394. The number of rotatable bonds is 4. The lowest BCUT2D eigenvalue weighted by Crippen LogP contribution is -2.52. The van der Waals surface area contributed by atoms with Gasteiger partial charge in [0.1, 0.15) is 6.04 Å². The third-order valence-electron chi connectivity index (χ3n) is 2.49. The second-order valence-electron chi connectivity index (χ2n) is 3.70. The third kappa shape index (κ3) is 2.53. The van der Waals surface area contributed by atoms with Crippen LogP contribution in [0.15, 0.2) is 4.42 Å². The van der Waals surface area contributed by atoms with Gasteiger partial charge in [0.2, 0.25) is 11.8 Å². The van der Waals surface area contributed by atoms with Gasteiger partial charge in [0.25, 0.3) is 0 Å². The molecular formula is C9H15N5O3. The van der Waals surface area contributed by atoms with E-state index in [1.165, 1.54) is 0 Å². The summed E-state index contributed by atoms with van der Waals surface area (Å²) < 4.78 is 10.6. The maximum atomic E-state index is 11.3. The minimum Gasteiger partial charge on any atom is -0.407 e. The van der Waals surface area contributed by atoms with Crippen LogP contribution in [0.2, 0.25) is 0 Å². The summed E-state index contributed by atoms with van der Waals surface area (Å²) in [4.78, 5) is 12.9. The van der Waals surface area contributed by atoms with Crippen LogP contribution in [-0.2, 0) is 16.1 Å². The Morgan fingerprint density at radius 2 is 2.47 bits per heavy atom. The standard InChI is InChI=1S/C9H15N5O3/c1-11-4-7-12-13-9(17-7)14-2-3-16-5-6(14)8(10)15/h6,11H,2-5H2,1H3,(H2,10,15). The molecule has 17 heavy (non-hydrogen) atoms. The molecule has 8 heteroatoms. The molecule has 2 rings (SSSR count). The molecule has 94 valence electrons. The van der Waals surface area contributed by atoms with Crippen LogP contribution >= 0.6 is 0 Å². The van der Waals surface area contributed by atoms with Crippen LogP contribution in [0.4, 0.5) is 6.01 Å². The summed E-state index contributed by atoms with van der Waals surface area (Å²) in [6, 6.07) is -0.242. The lowest BCUT2D eigenvalue weighted by atomic mass is 10.2. The van der Waals surface area contributed by atoms with E-state index in [-0.39, 0.29) is 6.61 Å². The molecular weight excluding hydrogens is 226 g/mol. The summed E-state index contributed by atoms with van der Waals surface area (Å²) in [7, 11) is 1.78. The molecule has 1 aromatic heterocycles. The third-order valence-corrected chi connectivity index (χ3v) is 2.49. The minimum atomic E-state index is -0.549. The van der Waals surface area contributed by atoms with Crippen molar-refractivity contribution in [2.24, 2.45) is 5.73 Å². The quantitative estimate of drug-likeness (QED) is 0.659. The Labute approximate surface area is 98.1 Å². The Morgan fingerprint density at radius 1 is 1.65 bits per heavy atom. The Balaban J connectivity index is 2.14. The summed E-state index contributed by atoms with van der Waals surface area (Å²) >= 11 is 0. The van der Waals surface area contributed by atoms with E-state index in [1.807, 2.05) is 0 Å². The highest BCUT2D eigenvalue weighted by Crippen LogP contribution is 2.17. The predicted octanol–water partition coefficient (Wildman–Crippen LogP) is -1.52. The molecule has 1 saturated heterocycles. The number of ether oxygens (including phenoxy) is 1. The van der Waals surface area contributed by atoms with Crippen molar-refractivity contribution in [1.29, 1.82) is 0 Å². The number of carbonyl (C=O) groups is 1. The predicted molar refractivity (Wildman–Crippen MR) is 58.2 cm³/mol. The van der Waals surface area contributed by atoms with Crippen molar-refractivity contribution in [2.45, 2.75) is 12.6 Å². The SMILES string of the molecule is CNCc1nnc(N2CCOCC2C(N)=O)o1. The first-order chi connectivity index (χ1) is 8.22. The Morgan fingerprint density at radius 3 is 3.18 bits per heavy atom. The highest BCUT2D eigenvalue weighted by atomic mass is 16.5. The molecule has 8 nitrogen and oxygen atoms in total. The van der Waals surface area contributed by atoms with Crippen molar-refractivity contribution < 1.29 is 13.9 Å². The van der Waals surface area contributed by atoms with E-state index >= 15 is 0 Å². The molecule has 0 radical (unpaired) electrons. The number of carbonyl (C=O) groups excluding carboxylic acids is 1. The molecule has 2 heterocycles. The number of nitrogens with two attached hydrogens (primary N) is 1. The number of nitrogens with one attached hydrogen (secondary N) is 1. The van der Waals surface area contributed by atoms with Gasteiger partial charge in [-0.2, -0.15) is 0 Å². The molecule has 1 aromatic rings. The van der Waals surface area contributed by atoms with Crippen molar-refractivity contribution in [3.8, 4) is 0 Å². The van der Waals surface area contributed by atoms with E-state index in [0.717, 1.165) is 0 Å². The number of primary amides is 1. The van der Waals surface area contributed by atoms with Crippen molar-refractivity contribution >= 4 is 11.9 Å². The number of anilines is 1. The van der Waals surface area contributed by atoms with Crippen molar-refractivity contribution in [3.63, 3.8) is 0 Å². The van der Waals surface area contributed by atoms with E-state index in [4.69, 9.17) is 14.9 Å². The maximum Gasteiger partial charge on any atom is 0.319 e. The molecule has 0 aromatic carbocycles. The Kier molecular flexibility index (Phi) is 3.55. The molecule has 0 spiro atoms. The molecule has 1 fully saturated rings. The summed E-state index contributed by atoms with van der Waals surface area (Å²) in [5, 5.41) is 10.7. The Hall–Kier alpha value is -1.67. The lowest BCUT2D eigenvalue weighted by Gasteiger charge is -2.31. The number of hydrogen-bond acceptors (Lipinski definition) is 7. The van der Waals surface area contributed by atoms with Crippen LogP contribution < -0.4 is 16.0 Å². The first-order valence-electron chi connectivity index (χ1n) is 5.33. The van der Waals surface area contributed by atoms with E-state index < -0.39 is 11.9 Å². The summed E-state index contributed by atoms with van der Waals surface area (Å²) in [5.74, 6) is 0.00952. The van der Waals surface area contributed by atoms with Crippen LogP contribution in [0.1, 0.15) is 5.89 Å². The number of hydrogen-bond donors (Lipinski definition) is 2. The molecule has 0 aliphatic carbocycles. The zero-order valence-corrected chi connectivity index (χ0v) is 9.55. The topological polar surface area (TPSA) is 107 Å². The van der Waals surface area contributed by atoms with Crippen LogP contribution in [0, 0.1) is 0 Å². The van der Waals surface area contributed by atoms with Crippen molar-refractivity contribution in [1.82, 2.24) is 15.5 Å². The van der Waals surface area contributed by atoms with Gasteiger partial charge in [-0.3, -0.25) is 4.79 Å². The van der Waals surface area contributed by atoms with E-state index in [1.54, 1.807) is 11.9 Å². The van der Waals surface area contributed by atoms with Gasteiger partial charge in [-0.1, -0.05) is 5.10 Å². The summed E-state index contributed by atoms with van der Waals surface area (Å²) in [6.07, 6.45) is 0. The van der Waals surface area contributed by atoms with Gasteiger partial charge < -0.3 is 25.1 Å². The van der Waals surface area contributed by atoms with Crippen LogP contribution in [0.3, 0.4) is 0 Å². The number of amides is 1. The molecule has 1 amide bonds. The maximum absolute atomic E-state index is 11.3. The molecule has 1 atom stereocenters. The molecule has 0 saturated carbocycles. The second-order valence-corrected chi connectivity index (χ2v) is 3.70. The van der Waals surface area contributed by atoms with Gasteiger partial charge in [0.05, 0.1) is 19.8 Å². The molecule has 1 aliphatic heterocycles. The summed E-state index contributed by atoms with van der Waals surface area (Å²) in [5.41, 5.74) is 5.30. The second kappa shape index (κ2) is 5.11. The fourth-order valence-electron chi connectivity index (χ4n) is 1.65. The fraction of sp³-hybridized carbons (Fsp3) is 0.667. The minimum absolute atomic E-state index is 0.249. The van der Waals surface area contributed by atoms with Gasteiger partial charge in [-0.05, 0) is 7.05 Å². The van der Waals surface area contributed by atoms with Gasteiger partial charge in [-0.25, -0.2) is 0 Å². The average molecular weight is 241 g/mol.